The molecule has 1 aromatic heterocycles. The average Bonchev–Trinajstić information content (AvgIpc) is 3.61. The Kier molecular flexibility index (Phi) is 12.2. The van der Waals surface area contributed by atoms with Gasteiger partial charge in [0, 0.05) is 72.7 Å². The van der Waals surface area contributed by atoms with E-state index in [1.807, 2.05) is 72.5 Å². The van der Waals surface area contributed by atoms with E-state index in [0.717, 1.165) is 55.3 Å². The fraction of sp³-hybridized carbons (Fsp3) is 0.440. The quantitative estimate of drug-likeness (QED) is 0.137. The minimum atomic E-state index is -0.695. The largest absolute Gasteiger partial charge is 0.505 e. The number of aromatic nitrogens is 1. The van der Waals surface area contributed by atoms with Gasteiger partial charge in [-0.2, -0.15) is 0 Å². The lowest BCUT2D eigenvalue weighted by Crippen LogP contribution is -2.52. The molecule has 4 aliphatic rings. The second-order valence-corrected chi connectivity index (χ2v) is 18.2. The molecule has 5 heterocycles. The van der Waals surface area contributed by atoms with Gasteiger partial charge in [-0.3, -0.25) is 34.3 Å². The number of pyridine rings is 1. The van der Waals surface area contributed by atoms with E-state index in [4.69, 9.17) is 0 Å². The zero-order chi connectivity index (χ0) is 43.7. The third-order valence-electron chi connectivity index (χ3n) is 13.0. The second-order valence-electron chi connectivity index (χ2n) is 18.2. The molecule has 3 fully saturated rings. The summed E-state index contributed by atoms with van der Waals surface area (Å²) in [7, 11) is 0. The molecule has 3 saturated heterocycles. The van der Waals surface area contributed by atoms with E-state index in [9.17, 15) is 29.1 Å². The molecule has 12 heteroatoms. The van der Waals surface area contributed by atoms with E-state index < -0.39 is 18.0 Å². The second kappa shape index (κ2) is 17.7. The first-order valence-corrected chi connectivity index (χ1v) is 22.1. The van der Waals surface area contributed by atoms with E-state index in [1.54, 1.807) is 11.1 Å². The van der Waals surface area contributed by atoms with Crippen LogP contribution in [0.3, 0.4) is 0 Å². The number of hydrogen-bond donors (Lipinski definition) is 3. The maximum Gasteiger partial charge on any atom is 0.256 e. The molecule has 2 atom stereocenters. The van der Waals surface area contributed by atoms with Crippen LogP contribution in [0.4, 0.5) is 0 Å². The Morgan fingerprint density at radius 1 is 0.952 bits per heavy atom. The van der Waals surface area contributed by atoms with E-state index in [-0.39, 0.29) is 47.1 Å². The molecule has 5 amide bonds. The smallest absolute Gasteiger partial charge is 0.256 e. The molecule has 0 radical (unpaired) electrons. The van der Waals surface area contributed by atoms with Crippen LogP contribution in [-0.4, -0.2) is 92.6 Å². The van der Waals surface area contributed by atoms with Crippen LogP contribution in [0.5, 0.6) is 5.75 Å². The third-order valence-corrected chi connectivity index (χ3v) is 13.0. The Morgan fingerprint density at radius 3 is 2.44 bits per heavy atom. The van der Waals surface area contributed by atoms with Crippen molar-refractivity contribution in [1.82, 2.24) is 30.3 Å². The molecular formula is C50H56N6O6. The van der Waals surface area contributed by atoms with Crippen molar-refractivity contribution in [3.05, 3.63) is 106 Å². The van der Waals surface area contributed by atoms with Crippen LogP contribution in [0.2, 0.25) is 0 Å². The maximum atomic E-state index is 14.1. The van der Waals surface area contributed by atoms with Crippen LogP contribution in [0, 0.1) is 17.8 Å². The van der Waals surface area contributed by atoms with Crippen molar-refractivity contribution < 1.29 is 29.1 Å². The van der Waals surface area contributed by atoms with Crippen LogP contribution < -0.4 is 10.6 Å². The maximum absolute atomic E-state index is 14.1. The van der Waals surface area contributed by atoms with Crippen molar-refractivity contribution in [2.75, 3.05) is 26.2 Å². The Balaban J connectivity index is 0.903. The van der Waals surface area contributed by atoms with Crippen molar-refractivity contribution in [3.8, 4) is 17.6 Å². The number of nitrogens with zero attached hydrogens (tertiary/aromatic N) is 4. The number of hydrogen-bond acceptors (Lipinski definition) is 8. The lowest BCUT2D eigenvalue weighted by Gasteiger charge is -2.41. The number of aromatic hydroxyl groups is 1. The van der Waals surface area contributed by atoms with Gasteiger partial charge in [-0.25, -0.2) is 0 Å². The van der Waals surface area contributed by atoms with Crippen LogP contribution >= 0.6 is 0 Å². The average molecular weight is 837 g/mol. The summed E-state index contributed by atoms with van der Waals surface area (Å²) in [6.45, 7) is 11.7. The first-order valence-electron chi connectivity index (χ1n) is 22.1. The summed E-state index contributed by atoms with van der Waals surface area (Å²) < 4.78 is 0. The highest BCUT2D eigenvalue weighted by molar-refractivity contribution is 6.06. The fourth-order valence-corrected chi connectivity index (χ4v) is 9.67. The van der Waals surface area contributed by atoms with Crippen LogP contribution in [-0.2, 0) is 26.3 Å². The standard InChI is InChI=1S/C50H56N6O6/c1-5-9-41(57)52-44(38-29-39(50(2,3)4)37-14-8-23-51-45(37)46(38)59)33-11-7-12-34(28-33)48(61)55-26-21-36(22-27-55)54-24-19-31(20-25-54)15-16-32-10-6-13-35-30-56(49(62)43(32)35)40-17-18-42(58)53-47(40)60/h6-8,10-14,23,28-29,31,36,40,44,59H,5,9,17-22,24-27,30H2,1-4H3,(H,52,57)(H,53,58,60). The third kappa shape index (κ3) is 8.68. The predicted octanol–water partition coefficient (Wildman–Crippen LogP) is 6.37. The SMILES string of the molecule is CCCC(=O)NC(c1cccc(C(=O)N2CCC(N3CCC(C#Cc4cccc5c4C(=O)N(C4CCC(=O)NC4=O)C5)CC3)CC2)c1)c1cc(C(C)(C)C)c2cccnc2c1O. The number of rotatable bonds is 8. The fourth-order valence-electron chi connectivity index (χ4n) is 9.67. The molecule has 8 rings (SSSR count). The first kappa shape index (κ1) is 42.6. The van der Waals surface area contributed by atoms with E-state index in [1.165, 1.54) is 0 Å². The lowest BCUT2D eigenvalue weighted by atomic mass is 9.81. The molecule has 4 aromatic rings. The van der Waals surface area contributed by atoms with Gasteiger partial charge in [0.15, 0.2) is 0 Å². The summed E-state index contributed by atoms with van der Waals surface area (Å²) in [5.74, 6) is 5.86. The van der Waals surface area contributed by atoms with E-state index in [2.05, 4.69) is 53.1 Å². The summed E-state index contributed by atoms with van der Waals surface area (Å²) in [5, 5.41) is 18.1. The number of phenolic OH excluding ortho intramolecular Hbond substituents is 1. The molecule has 2 unspecified atom stereocenters. The minimum Gasteiger partial charge on any atom is -0.505 e. The van der Waals surface area contributed by atoms with Gasteiger partial charge in [0.25, 0.3) is 11.8 Å². The summed E-state index contributed by atoms with van der Waals surface area (Å²) in [5.41, 5.74) is 5.11. The van der Waals surface area contributed by atoms with Crippen molar-refractivity contribution in [2.45, 2.75) is 109 Å². The number of nitrogens with one attached hydrogen (secondary N) is 2. The molecule has 4 aliphatic heterocycles. The van der Waals surface area contributed by atoms with Crippen LogP contribution in [0.1, 0.15) is 134 Å². The van der Waals surface area contributed by atoms with Gasteiger partial charge in [-0.05, 0) is 104 Å². The number of carbonyl (C=O) groups is 5. The number of likely N-dealkylation sites (tertiary alicyclic amines) is 2. The highest BCUT2D eigenvalue weighted by Gasteiger charge is 2.40. The molecule has 0 spiro atoms. The number of phenols is 1. The van der Waals surface area contributed by atoms with Gasteiger partial charge in [0.2, 0.25) is 17.7 Å². The van der Waals surface area contributed by atoms with Crippen molar-refractivity contribution >= 4 is 40.4 Å². The Labute approximate surface area is 363 Å². The minimum absolute atomic E-state index is 0.0150. The normalized spacial score (nSPS) is 19.5. The molecule has 12 nitrogen and oxygen atoms in total. The molecule has 322 valence electrons. The molecule has 62 heavy (non-hydrogen) atoms. The summed E-state index contributed by atoms with van der Waals surface area (Å²) in [4.78, 5) is 75.6. The number of piperidine rings is 3. The van der Waals surface area contributed by atoms with Crippen LogP contribution in [0.25, 0.3) is 10.9 Å². The van der Waals surface area contributed by atoms with Crippen molar-refractivity contribution in [2.24, 2.45) is 5.92 Å². The topological polar surface area (TPSA) is 152 Å². The van der Waals surface area contributed by atoms with E-state index in [0.29, 0.717) is 78.3 Å². The number of imide groups is 1. The first-order chi connectivity index (χ1) is 29.8. The summed E-state index contributed by atoms with van der Waals surface area (Å²) in [6.07, 6.45) is 6.78. The molecule has 0 bridgehead atoms. The highest BCUT2D eigenvalue weighted by Crippen LogP contribution is 2.41. The van der Waals surface area contributed by atoms with Crippen LogP contribution in [0.15, 0.2) is 66.9 Å². The van der Waals surface area contributed by atoms with Crippen molar-refractivity contribution in [3.63, 3.8) is 0 Å². The monoisotopic (exact) mass is 836 g/mol. The molecule has 0 saturated carbocycles. The van der Waals surface area contributed by atoms with Gasteiger partial charge in [0.1, 0.15) is 17.3 Å². The van der Waals surface area contributed by atoms with Gasteiger partial charge >= 0.3 is 0 Å². The Morgan fingerprint density at radius 2 is 1.71 bits per heavy atom. The van der Waals surface area contributed by atoms with Gasteiger partial charge < -0.3 is 25.1 Å². The highest BCUT2D eigenvalue weighted by atomic mass is 16.3. The molecule has 3 N–H and O–H groups in total. The Bertz CT molecular complexity index is 2480. The van der Waals surface area contributed by atoms with Gasteiger partial charge in [-0.15, -0.1) is 0 Å². The molecule has 3 aromatic carbocycles. The lowest BCUT2D eigenvalue weighted by molar-refractivity contribution is -0.137. The molecule has 0 aliphatic carbocycles. The number of fused-ring (bicyclic) bond motifs is 2. The number of carbonyl (C=O) groups excluding carboxylic acids is 5. The summed E-state index contributed by atoms with van der Waals surface area (Å²) in [6, 6.07) is 17.9. The molecular weight excluding hydrogens is 781 g/mol. The zero-order valence-corrected chi connectivity index (χ0v) is 36.1. The number of amides is 5. The van der Waals surface area contributed by atoms with E-state index >= 15 is 0 Å². The van der Waals surface area contributed by atoms with Gasteiger partial charge in [-0.1, -0.05) is 69.9 Å². The summed E-state index contributed by atoms with van der Waals surface area (Å²) >= 11 is 0. The predicted molar refractivity (Wildman–Crippen MR) is 236 cm³/mol. The number of benzene rings is 3. The van der Waals surface area contributed by atoms with Gasteiger partial charge in [0.05, 0.1) is 11.6 Å². The van der Waals surface area contributed by atoms with Crippen molar-refractivity contribution in [1.29, 1.82) is 0 Å². The Hall–Kier alpha value is -6.06. The zero-order valence-electron chi connectivity index (χ0n) is 36.1.